The highest BCUT2D eigenvalue weighted by Gasteiger charge is 2.45. The van der Waals surface area contributed by atoms with E-state index in [0.717, 1.165) is 29.9 Å². The lowest BCUT2D eigenvalue weighted by atomic mass is 9.78. The summed E-state index contributed by atoms with van der Waals surface area (Å²) in [6.45, 7) is 6.32. The highest BCUT2D eigenvalue weighted by molar-refractivity contribution is 6.32. The molecule has 0 aliphatic carbocycles. The summed E-state index contributed by atoms with van der Waals surface area (Å²) in [6.07, 6.45) is 4.57. The molecule has 2 bridgehead atoms. The molecule has 0 saturated carbocycles. The molecule has 2 N–H and O–H groups in total. The highest BCUT2D eigenvalue weighted by Crippen LogP contribution is 2.44. The van der Waals surface area contributed by atoms with E-state index in [9.17, 15) is 0 Å². The maximum Gasteiger partial charge on any atom is 0.137 e. The molecule has 2 unspecified atom stereocenters. The van der Waals surface area contributed by atoms with Crippen molar-refractivity contribution >= 4 is 11.6 Å². The zero-order valence-electron chi connectivity index (χ0n) is 19.1. The summed E-state index contributed by atoms with van der Waals surface area (Å²) < 4.78 is 10.5. The number of nitrogens with two attached hydrogens (primary N) is 1. The molecule has 5 heteroatoms. The van der Waals surface area contributed by atoms with E-state index in [1.54, 1.807) is 14.2 Å². The van der Waals surface area contributed by atoms with Crippen LogP contribution in [0.2, 0.25) is 5.02 Å². The number of piperidine rings is 1. The molecular formula is C25H35ClN2O2. The smallest absolute Gasteiger partial charge is 0.137 e. The van der Waals surface area contributed by atoms with Gasteiger partial charge in [0.2, 0.25) is 0 Å². The molecule has 2 fully saturated rings. The van der Waals surface area contributed by atoms with Crippen molar-refractivity contribution in [3.05, 3.63) is 57.6 Å². The third kappa shape index (κ3) is 4.46. The van der Waals surface area contributed by atoms with E-state index < -0.39 is 0 Å². The number of hydrogen-bond donors (Lipinski definition) is 1. The molecule has 2 aliphatic heterocycles. The lowest BCUT2D eigenvalue weighted by molar-refractivity contribution is 0.113. The fourth-order valence-corrected chi connectivity index (χ4v) is 5.06. The molecule has 2 heterocycles. The second-order valence-electron chi connectivity index (χ2n) is 8.80. The molecule has 2 aliphatic rings. The molecule has 0 amide bonds. The van der Waals surface area contributed by atoms with Crippen molar-refractivity contribution in [3.8, 4) is 11.5 Å². The number of nitrogens with zero attached hydrogens (tertiary/aromatic N) is 1. The summed E-state index contributed by atoms with van der Waals surface area (Å²) in [5.41, 5.74) is 11.5. The fraction of sp³-hybridized carbons (Fsp3) is 0.520. The zero-order chi connectivity index (χ0) is 22.1. The third-order valence-electron chi connectivity index (χ3n) is 7.14. The SMILES string of the molecule is COc1cc(C2(N)CC3CCC(C2)N3C)ccc1Cl.COc1ccc(C)c(C)c1C. The van der Waals surface area contributed by atoms with Crippen LogP contribution in [-0.4, -0.2) is 38.3 Å². The van der Waals surface area contributed by atoms with Gasteiger partial charge < -0.3 is 20.1 Å². The first kappa shape index (κ1) is 22.9. The Morgan fingerprint density at radius 2 is 1.53 bits per heavy atom. The van der Waals surface area contributed by atoms with Gasteiger partial charge >= 0.3 is 0 Å². The normalized spacial score (nSPS) is 25.5. The predicted molar refractivity (Wildman–Crippen MR) is 125 cm³/mol. The van der Waals surface area contributed by atoms with Gasteiger partial charge in [0.05, 0.1) is 19.2 Å². The Morgan fingerprint density at radius 1 is 0.933 bits per heavy atom. The van der Waals surface area contributed by atoms with Gasteiger partial charge in [0.15, 0.2) is 0 Å². The highest BCUT2D eigenvalue weighted by atomic mass is 35.5. The molecule has 4 nitrogen and oxygen atoms in total. The topological polar surface area (TPSA) is 47.7 Å². The summed E-state index contributed by atoms with van der Waals surface area (Å²) in [5, 5.41) is 0.644. The van der Waals surface area contributed by atoms with Gasteiger partial charge in [-0.3, -0.25) is 0 Å². The van der Waals surface area contributed by atoms with Gasteiger partial charge in [-0.2, -0.15) is 0 Å². The first-order valence-electron chi connectivity index (χ1n) is 10.7. The number of halogens is 1. The first-order chi connectivity index (χ1) is 14.2. The van der Waals surface area contributed by atoms with Gasteiger partial charge in [0.1, 0.15) is 11.5 Å². The van der Waals surface area contributed by atoms with Crippen LogP contribution < -0.4 is 15.2 Å². The van der Waals surface area contributed by atoms with E-state index in [2.05, 4.69) is 44.9 Å². The van der Waals surface area contributed by atoms with Crippen molar-refractivity contribution in [2.75, 3.05) is 21.3 Å². The molecule has 2 atom stereocenters. The number of aryl methyl sites for hydroxylation is 1. The molecule has 2 saturated heterocycles. The molecule has 164 valence electrons. The van der Waals surface area contributed by atoms with Crippen LogP contribution in [0.5, 0.6) is 11.5 Å². The lowest BCUT2D eigenvalue weighted by Gasteiger charge is -2.43. The Hall–Kier alpha value is -1.75. The minimum atomic E-state index is -0.240. The van der Waals surface area contributed by atoms with Gasteiger partial charge in [-0.25, -0.2) is 0 Å². The largest absolute Gasteiger partial charge is 0.496 e. The van der Waals surface area contributed by atoms with Crippen LogP contribution in [0.25, 0.3) is 0 Å². The van der Waals surface area contributed by atoms with Gasteiger partial charge in [-0.15, -0.1) is 0 Å². The summed E-state index contributed by atoms with van der Waals surface area (Å²) in [5.74, 6) is 1.70. The van der Waals surface area contributed by atoms with Crippen LogP contribution in [0.3, 0.4) is 0 Å². The quantitative estimate of drug-likeness (QED) is 0.710. The van der Waals surface area contributed by atoms with Crippen molar-refractivity contribution in [3.63, 3.8) is 0 Å². The standard InChI is InChI=1S/C15H21ClN2O.C10H14O/c1-18-11-4-5-12(18)9-15(17,8-11)10-3-6-13(16)14(7-10)19-2;1-7-5-6-10(11-4)9(3)8(7)2/h3,6-7,11-12H,4-5,8-9,17H2,1-2H3;5-6H,1-4H3. The number of benzene rings is 2. The Morgan fingerprint density at radius 3 is 2.10 bits per heavy atom. The van der Waals surface area contributed by atoms with Gasteiger partial charge in [0.25, 0.3) is 0 Å². The lowest BCUT2D eigenvalue weighted by Crippen LogP contribution is -2.52. The Kier molecular flexibility index (Phi) is 7.01. The molecular weight excluding hydrogens is 396 g/mol. The van der Waals surface area contributed by atoms with E-state index in [1.807, 2.05) is 18.2 Å². The Balaban J connectivity index is 0.000000199. The van der Waals surface area contributed by atoms with Gasteiger partial charge in [-0.1, -0.05) is 23.7 Å². The molecule has 2 aromatic rings. The van der Waals surface area contributed by atoms with E-state index in [0.29, 0.717) is 17.1 Å². The number of ether oxygens (including phenoxy) is 2. The van der Waals surface area contributed by atoms with Crippen molar-refractivity contribution in [2.45, 2.75) is 64.1 Å². The minimum absolute atomic E-state index is 0.240. The molecule has 0 spiro atoms. The average molecular weight is 431 g/mol. The Bertz CT molecular complexity index is 885. The molecule has 4 rings (SSSR count). The molecule has 30 heavy (non-hydrogen) atoms. The summed E-state index contributed by atoms with van der Waals surface area (Å²) in [6, 6.07) is 11.3. The number of hydrogen-bond acceptors (Lipinski definition) is 4. The van der Waals surface area contributed by atoms with Crippen molar-refractivity contribution in [2.24, 2.45) is 5.73 Å². The van der Waals surface area contributed by atoms with Gasteiger partial charge in [-0.05, 0) is 94.0 Å². The zero-order valence-corrected chi connectivity index (χ0v) is 19.8. The maximum absolute atomic E-state index is 6.71. The number of methoxy groups -OCH3 is 2. The first-order valence-corrected chi connectivity index (χ1v) is 11.0. The second-order valence-corrected chi connectivity index (χ2v) is 9.21. The maximum atomic E-state index is 6.71. The number of rotatable bonds is 3. The third-order valence-corrected chi connectivity index (χ3v) is 7.45. The van der Waals surface area contributed by atoms with Crippen LogP contribution in [0, 0.1) is 20.8 Å². The number of fused-ring (bicyclic) bond motifs is 2. The predicted octanol–water partition coefficient (Wildman–Crippen LogP) is 5.38. The van der Waals surface area contributed by atoms with Crippen LogP contribution in [0.1, 0.15) is 47.9 Å². The molecule has 0 aromatic heterocycles. The summed E-state index contributed by atoms with van der Waals surface area (Å²) >= 11 is 6.10. The molecule has 2 aromatic carbocycles. The average Bonchev–Trinajstić information content (AvgIpc) is 2.95. The van der Waals surface area contributed by atoms with Crippen LogP contribution >= 0.6 is 11.6 Å². The molecule has 0 radical (unpaired) electrons. The van der Waals surface area contributed by atoms with Gasteiger partial charge in [0, 0.05) is 17.6 Å². The monoisotopic (exact) mass is 430 g/mol. The van der Waals surface area contributed by atoms with Crippen LogP contribution in [-0.2, 0) is 5.54 Å². The second kappa shape index (κ2) is 9.17. The summed E-state index contributed by atoms with van der Waals surface area (Å²) in [7, 11) is 5.58. The van der Waals surface area contributed by atoms with Crippen molar-refractivity contribution in [1.29, 1.82) is 0 Å². The van der Waals surface area contributed by atoms with Crippen molar-refractivity contribution in [1.82, 2.24) is 4.90 Å². The van der Waals surface area contributed by atoms with Crippen LogP contribution in [0.15, 0.2) is 30.3 Å². The summed E-state index contributed by atoms with van der Waals surface area (Å²) in [4.78, 5) is 2.50. The van der Waals surface area contributed by atoms with Crippen molar-refractivity contribution < 1.29 is 9.47 Å². The van der Waals surface area contributed by atoms with E-state index >= 15 is 0 Å². The van der Waals surface area contributed by atoms with E-state index in [-0.39, 0.29) is 5.54 Å². The fourth-order valence-electron chi connectivity index (χ4n) is 4.86. The minimum Gasteiger partial charge on any atom is -0.496 e. The Labute approximate surface area is 186 Å². The van der Waals surface area contributed by atoms with Crippen LogP contribution in [0.4, 0.5) is 0 Å². The van der Waals surface area contributed by atoms with E-state index in [1.165, 1.54) is 29.5 Å². The van der Waals surface area contributed by atoms with E-state index in [4.69, 9.17) is 26.8 Å².